The lowest BCUT2D eigenvalue weighted by atomic mass is 10.0. The zero-order valence-electron chi connectivity index (χ0n) is 11.5. The molecule has 1 fully saturated rings. The summed E-state index contributed by atoms with van der Waals surface area (Å²) in [7, 11) is 0. The van der Waals surface area contributed by atoms with Crippen molar-refractivity contribution < 1.29 is 4.79 Å². The lowest BCUT2D eigenvalue weighted by Gasteiger charge is -2.35. The van der Waals surface area contributed by atoms with Crippen molar-refractivity contribution in [1.82, 2.24) is 10.2 Å². The van der Waals surface area contributed by atoms with Gasteiger partial charge in [0.1, 0.15) is 0 Å². The number of halogens is 1. The predicted molar refractivity (Wildman–Crippen MR) is 78.0 cm³/mol. The number of nitrogens with one attached hydrogen (secondary N) is 1. The topological polar surface area (TPSA) is 58.4 Å². The molecule has 1 atom stereocenters. The first-order chi connectivity index (χ1) is 8.27. The van der Waals surface area contributed by atoms with Crippen LogP contribution in [0.1, 0.15) is 45.4 Å². The van der Waals surface area contributed by atoms with Gasteiger partial charge in [-0.15, -0.1) is 12.4 Å². The first-order valence-corrected chi connectivity index (χ1v) is 6.98. The van der Waals surface area contributed by atoms with Gasteiger partial charge in [-0.3, -0.25) is 9.69 Å². The number of amides is 1. The molecule has 0 aromatic heterocycles. The van der Waals surface area contributed by atoms with Gasteiger partial charge >= 0.3 is 0 Å². The smallest absolute Gasteiger partial charge is 0.221 e. The number of rotatable bonds is 7. The van der Waals surface area contributed by atoms with Crippen LogP contribution >= 0.6 is 12.4 Å². The van der Waals surface area contributed by atoms with Crippen LogP contribution in [-0.4, -0.2) is 43.0 Å². The summed E-state index contributed by atoms with van der Waals surface area (Å²) in [5.74, 6) is 0.0912. The molecule has 1 heterocycles. The summed E-state index contributed by atoms with van der Waals surface area (Å²) >= 11 is 0. The molecule has 0 bridgehead atoms. The van der Waals surface area contributed by atoms with Crippen LogP contribution in [0.3, 0.4) is 0 Å². The number of hydrogen-bond donors (Lipinski definition) is 2. The summed E-state index contributed by atoms with van der Waals surface area (Å²) in [5.41, 5.74) is 5.36. The van der Waals surface area contributed by atoms with Gasteiger partial charge in [0.25, 0.3) is 0 Å². The molecule has 1 rings (SSSR count). The van der Waals surface area contributed by atoms with Gasteiger partial charge in [0.2, 0.25) is 5.91 Å². The Kier molecular flexibility index (Phi) is 10.4. The first-order valence-electron chi connectivity index (χ1n) is 6.98. The van der Waals surface area contributed by atoms with Crippen molar-refractivity contribution in [2.75, 3.05) is 26.2 Å². The van der Waals surface area contributed by atoms with Gasteiger partial charge in [-0.25, -0.2) is 0 Å². The molecule has 4 nitrogen and oxygen atoms in total. The van der Waals surface area contributed by atoms with Crippen molar-refractivity contribution in [2.45, 2.75) is 51.5 Å². The Balaban J connectivity index is 0.00000289. The van der Waals surface area contributed by atoms with E-state index < -0.39 is 0 Å². The van der Waals surface area contributed by atoms with Crippen molar-refractivity contribution in [3.63, 3.8) is 0 Å². The summed E-state index contributed by atoms with van der Waals surface area (Å²) < 4.78 is 0. The molecule has 5 heteroatoms. The number of piperidine rings is 1. The highest BCUT2D eigenvalue weighted by Gasteiger charge is 2.21. The van der Waals surface area contributed by atoms with Gasteiger partial charge in [-0.2, -0.15) is 0 Å². The van der Waals surface area contributed by atoms with Crippen molar-refractivity contribution in [2.24, 2.45) is 5.73 Å². The number of nitrogens with two attached hydrogens (primary N) is 1. The van der Waals surface area contributed by atoms with Gasteiger partial charge in [0.05, 0.1) is 0 Å². The molecule has 1 amide bonds. The largest absolute Gasteiger partial charge is 0.354 e. The molecule has 0 radical (unpaired) electrons. The number of likely N-dealkylation sites (tertiary alicyclic amines) is 1. The lowest BCUT2D eigenvalue weighted by molar-refractivity contribution is -0.121. The van der Waals surface area contributed by atoms with Gasteiger partial charge in [-0.1, -0.05) is 19.8 Å². The van der Waals surface area contributed by atoms with Crippen molar-refractivity contribution in [1.29, 1.82) is 0 Å². The second-order valence-corrected chi connectivity index (χ2v) is 4.88. The van der Waals surface area contributed by atoms with Crippen LogP contribution in [0.25, 0.3) is 0 Å². The van der Waals surface area contributed by atoms with Crippen LogP contribution in [0.15, 0.2) is 0 Å². The second-order valence-electron chi connectivity index (χ2n) is 4.88. The fraction of sp³-hybridized carbons (Fsp3) is 0.923. The summed E-state index contributed by atoms with van der Waals surface area (Å²) in [6.45, 7) is 5.83. The highest BCUT2D eigenvalue weighted by molar-refractivity contribution is 5.85. The molecule has 0 aromatic rings. The molecule has 0 spiro atoms. The van der Waals surface area contributed by atoms with E-state index in [1.807, 2.05) is 0 Å². The Morgan fingerprint density at radius 1 is 1.44 bits per heavy atom. The van der Waals surface area contributed by atoms with E-state index in [-0.39, 0.29) is 18.3 Å². The van der Waals surface area contributed by atoms with Gasteiger partial charge in [-0.05, 0) is 32.4 Å². The highest BCUT2D eigenvalue weighted by Crippen LogP contribution is 2.16. The fourth-order valence-electron chi connectivity index (χ4n) is 2.40. The molecule has 108 valence electrons. The fourth-order valence-corrected chi connectivity index (χ4v) is 2.40. The minimum atomic E-state index is 0. The van der Waals surface area contributed by atoms with Crippen LogP contribution in [0.2, 0.25) is 0 Å². The maximum absolute atomic E-state index is 11.4. The molecule has 3 N–H and O–H groups in total. The Bertz CT molecular complexity index is 226. The number of carbonyl (C=O) groups is 1. The van der Waals surface area contributed by atoms with Crippen LogP contribution in [0, 0.1) is 0 Å². The summed E-state index contributed by atoms with van der Waals surface area (Å²) in [6.07, 6.45) is 6.75. The minimum Gasteiger partial charge on any atom is -0.354 e. The van der Waals surface area contributed by atoms with Crippen molar-refractivity contribution in [3.05, 3.63) is 0 Å². The van der Waals surface area contributed by atoms with Gasteiger partial charge in [0, 0.05) is 25.6 Å². The molecule has 1 aliphatic rings. The van der Waals surface area contributed by atoms with Crippen LogP contribution in [0.4, 0.5) is 0 Å². The molecule has 18 heavy (non-hydrogen) atoms. The summed E-state index contributed by atoms with van der Waals surface area (Å²) in [6, 6.07) is 0.539. The third-order valence-electron chi connectivity index (χ3n) is 3.45. The monoisotopic (exact) mass is 277 g/mol. The van der Waals surface area contributed by atoms with E-state index in [1.165, 1.54) is 45.2 Å². The van der Waals surface area contributed by atoms with E-state index in [1.54, 1.807) is 0 Å². The van der Waals surface area contributed by atoms with Crippen LogP contribution in [0.5, 0.6) is 0 Å². The average molecular weight is 278 g/mol. The van der Waals surface area contributed by atoms with Crippen LogP contribution < -0.4 is 11.1 Å². The molecule has 1 unspecified atom stereocenters. The molecule has 1 saturated heterocycles. The predicted octanol–water partition coefficient (Wildman–Crippen LogP) is 1.53. The lowest BCUT2D eigenvalue weighted by Crippen LogP contribution is -2.47. The molecule has 0 aromatic carbocycles. The second kappa shape index (κ2) is 10.6. The molecule has 0 saturated carbocycles. The molecular weight excluding hydrogens is 250 g/mol. The van der Waals surface area contributed by atoms with E-state index >= 15 is 0 Å². The van der Waals surface area contributed by atoms with E-state index in [4.69, 9.17) is 5.73 Å². The van der Waals surface area contributed by atoms with E-state index in [0.29, 0.717) is 19.0 Å². The summed E-state index contributed by atoms with van der Waals surface area (Å²) in [5, 5.41) is 3.00. The minimum absolute atomic E-state index is 0. The number of carbonyl (C=O) groups excluding carboxylic acids is 1. The van der Waals surface area contributed by atoms with E-state index in [0.717, 1.165) is 6.54 Å². The Morgan fingerprint density at radius 2 is 2.22 bits per heavy atom. The number of hydrogen-bond acceptors (Lipinski definition) is 3. The average Bonchev–Trinajstić information content (AvgIpc) is 2.35. The SMILES string of the molecule is CCCCN1CCCCC1CNC(=O)CCN.Cl. The zero-order chi connectivity index (χ0) is 12.5. The Morgan fingerprint density at radius 3 is 2.89 bits per heavy atom. The number of nitrogens with zero attached hydrogens (tertiary/aromatic N) is 1. The molecular formula is C13H28ClN3O. The van der Waals surface area contributed by atoms with Crippen molar-refractivity contribution in [3.8, 4) is 0 Å². The third-order valence-corrected chi connectivity index (χ3v) is 3.45. The normalized spacial score (nSPS) is 20.2. The maximum atomic E-state index is 11.4. The third kappa shape index (κ3) is 6.57. The standard InChI is InChI=1S/C13H27N3O.ClH/c1-2-3-9-16-10-5-4-6-12(16)11-15-13(17)7-8-14;/h12H,2-11,14H2,1H3,(H,15,17);1H. The quantitative estimate of drug-likeness (QED) is 0.742. The van der Waals surface area contributed by atoms with Gasteiger partial charge < -0.3 is 11.1 Å². The Hall–Kier alpha value is -0.320. The molecule has 0 aliphatic carbocycles. The van der Waals surface area contributed by atoms with Crippen molar-refractivity contribution >= 4 is 18.3 Å². The summed E-state index contributed by atoms with van der Waals surface area (Å²) in [4.78, 5) is 13.9. The van der Waals surface area contributed by atoms with E-state index in [9.17, 15) is 4.79 Å². The number of unbranched alkanes of at least 4 members (excludes halogenated alkanes) is 1. The van der Waals surface area contributed by atoms with E-state index in [2.05, 4.69) is 17.1 Å². The maximum Gasteiger partial charge on any atom is 0.221 e. The zero-order valence-corrected chi connectivity index (χ0v) is 12.3. The first kappa shape index (κ1) is 17.7. The van der Waals surface area contributed by atoms with Crippen LogP contribution in [-0.2, 0) is 4.79 Å². The Labute approximate surface area is 117 Å². The van der Waals surface area contributed by atoms with Gasteiger partial charge in [0.15, 0.2) is 0 Å². The molecule has 1 aliphatic heterocycles. The highest BCUT2D eigenvalue weighted by atomic mass is 35.5.